The maximum Gasteiger partial charge on any atom is 0.161 e. The average Bonchev–Trinajstić information content (AvgIpc) is 2.34. The van der Waals surface area contributed by atoms with Crippen LogP contribution in [0.1, 0.15) is 17.3 Å². The number of rotatable bonds is 7. The van der Waals surface area contributed by atoms with Gasteiger partial charge in [0.15, 0.2) is 11.5 Å². The zero-order valence-corrected chi connectivity index (χ0v) is 9.56. The Morgan fingerprint density at radius 2 is 2.06 bits per heavy atom. The summed E-state index contributed by atoms with van der Waals surface area (Å²) >= 11 is 0. The molecule has 0 unspecified atom stereocenters. The van der Waals surface area contributed by atoms with Gasteiger partial charge in [0.05, 0.1) is 13.7 Å². The summed E-state index contributed by atoms with van der Waals surface area (Å²) in [6, 6.07) is 5.04. The molecule has 88 valence electrons. The van der Waals surface area contributed by atoms with E-state index in [4.69, 9.17) is 14.2 Å². The van der Waals surface area contributed by atoms with Crippen molar-refractivity contribution in [2.24, 2.45) is 0 Å². The summed E-state index contributed by atoms with van der Waals surface area (Å²) in [5.74, 6) is 1.17. The first-order valence-electron chi connectivity index (χ1n) is 5.15. The van der Waals surface area contributed by atoms with E-state index in [1.807, 2.05) is 6.92 Å². The molecule has 1 rings (SSSR count). The van der Waals surface area contributed by atoms with Crippen molar-refractivity contribution in [2.45, 2.75) is 6.92 Å². The fraction of sp³-hybridized carbons (Fsp3) is 0.417. The molecule has 0 bridgehead atoms. The number of benzene rings is 1. The van der Waals surface area contributed by atoms with Crippen molar-refractivity contribution in [1.82, 2.24) is 0 Å². The largest absolute Gasteiger partial charge is 0.493 e. The molecule has 1 aromatic carbocycles. The molecule has 16 heavy (non-hydrogen) atoms. The molecule has 0 fully saturated rings. The molecule has 0 amide bonds. The molecule has 0 spiro atoms. The SMILES string of the molecule is CCOCCOc1ccc(C=O)cc1OC. The Morgan fingerprint density at radius 3 is 2.69 bits per heavy atom. The van der Waals surface area contributed by atoms with Gasteiger partial charge in [0, 0.05) is 12.2 Å². The molecule has 1 aromatic rings. The topological polar surface area (TPSA) is 44.8 Å². The van der Waals surface area contributed by atoms with E-state index in [0.29, 0.717) is 36.9 Å². The lowest BCUT2D eigenvalue weighted by Gasteiger charge is -2.10. The van der Waals surface area contributed by atoms with Crippen molar-refractivity contribution >= 4 is 6.29 Å². The van der Waals surface area contributed by atoms with E-state index in [2.05, 4.69) is 0 Å². The van der Waals surface area contributed by atoms with E-state index in [0.717, 1.165) is 6.29 Å². The number of hydrogen-bond donors (Lipinski definition) is 0. The Labute approximate surface area is 95.1 Å². The molecule has 0 radical (unpaired) electrons. The normalized spacial score (nSPS) is 9.88. The number of carbonyl (C=O) groups is 1. The Hall–Kier alpha value is -1.55. The Morgan fingerprint density at radius 1 is 1.25 bits per heavy atom. The molecular formula is C12H16O4. The number of methoxy groups -OCH3 is 1. The van der Waals surface area contributed by atoms with Crippen LogP contribution in [-0.4, -0.2) is 33.2 Å². The van der Waals surface area contributed by atoms with Gasteiger partial charge in [-0.05, 0) is 25.1 Å². The third-order valence-corrected chi connectivity index (χ3v) is 2.01. The van der Waals surface area contributed by atoms with E-state index in [1.165, 1.54) is 0 Å². The van der Waals surface area contributed by atoms with Crippen LogP contribution in [0.5, 0.6) is 11.5 Å². The molecular weight excluding hydrogens is 208 g/mol. The van der Waals surface area contributed by atoms with Gasteiger partial charge in [-0.15, -0.1) is 0 Å². The van der Waals surface area contributed by atoms with Crippen LogP contribution in [0, 0.1) is 0 Å². The van der Waals surface area contributed by atoms with Crippen LogP contribution in [0.4, 0.5) is 0 Å². The number of aldehydes is 1. The Bertz CT molecular complexity index is 336. The first-order valence-corrected chi connectivity index (χ1v) is 5.15. The van der Waals surface area contributed by atoms with E-state index < -0.39 is 0 Å². The molecule has 0 N–H and O–H groups in total. The second-order valence-corrected chi connectivity index (χ2v) is 3.07. The van der Waals surface area contributed by atoms with Crippen molar-refractivity contribution in [3.63, 3.8) is 0 Å². The maximum atomic E-state index is 10.6. The van der Waals surface area contributed by atoms with Gasteiger partial charge in [-0.25, -0.2) is 0 Å². The Balaban J connectivity index is 2.61. The quantitative estimate of drug-likeness (QED) is 0.524. The van der Waals surface area contributed by atoms with Crippen molar-refractivity contribution in [3.05, 3.63) is 23.8 Å². The molecule has 0 aliphatic rings. The first kappa shape index (κ1) is 12.5. The van der Waals surface area contributed by atoms with Crippen LogP contribution in [0.2, 0.25) is 0 Å². The standard InChI is InChI=1S/C12H16O4/c1-3-15-6-7-16-11-5-4-10(9-13)8-12(11)14-2/h4-5,8-9H,3,6-7H2,1-2H3. The van der Waals surface area contributed by atoms with Crippen molar-refractivity contribution < 1.29 is 19.0 Å². The highest BCUT2D eigenvalue weighted by Gasteiger charge is 2.04. The highest BCUT2D eigenvalue weighted by Crippen LogP contribution is 2.27. The number of carbonyl (C=O) groups excluding carboxylic acids is 1. The zero-order chi connectivity index (χ0) is 11.8. The van der Waals surface area contributed by atoms with Crippen LogP contribution in [0.3, 0.4) is 0 Å². The van der Waals surface area contributed by atoms with Gasteiger partial charge in [0.2, 0.25) is 0 Å². The van der Waals surface area contributed by atoms with E-state index in [1.54, 1.807) is 25.3 Å². The molecule has 4 heteroatoms. The minimum Gasteiger partial charge on any atom is -0.493 e. The summed E-state index contributed by atoms with van der Waals surface area (Å²) in [6.07, 6.45) is 0.770. The van der Waals surface area contributed by atoms with Crippen LogP contribution >= 0.6 is 0 Å². The molecule has 0 aliphatic heterocycles. The summed E-state index contributed by atoms with van der Waals surface area (Å²) in [5, 5.41) is 0. The number of hydrogen-bond acceptors (Lipinski definition) is 4. The highest BCUT2D eigenvalue weighted by atomic mass is 16.5. The lowest BCUT2D eigenvalue weighted by Crippen LogP contribution is -2.07. The lowest BCUT2D eigenvalue weighted by molar-refractivity contribution is 0.108. The maximum absolute atomic E-state index is 10.6. The van der Waals surface area contributed by atoms with Gasteiger partial charge in [0.25, 0.3) is 0 Å². The second-order valence-electron chi connectivity index (χ2n) is 3.07. The predicted molar refractivity (Wildman–Crippen MR) is 60.4 cm³/mol. The zero-order valence-electron chi connectivity index (χ0n) is 9.56. The molecule has 0 aromatic heterocycles. The van der Waals surface area contributed by atoms with E-state index >= 15 is 0 Å². The lowest BCUT2D eigenvalue weighted by atomic mass is 10.2. The van der Waals surface area contributed by atoms with E-state index in [-0.39, 0.29) is 0 Å². The predicted octanol–water partition coefficient (Wildman–Crippen LogP) is 1.92. The molecule has 4 nitrogen and oxygen atoms in total. The van der Waals surface area contributed by atoms with Gasteiger partial charge in [-0.1, -0.05) is 0 Å². The third kappa shape index (κ3) is 3.55. The second kappa shape index (κ2) is 6.85. The van der Waals surface area contributed by atoms with Gasteiger partial charge in [-0.2, -0.15) is 0 Å². The Kier molecular flexibility index (Phi) is 5.36. The smallest absolute Gasteiger partial charge is 0.161 e. The highest BCUT2D eigenvalue weighted by molar-refractivity contribution is 5.76. The van der Waals surface area contributed by atoms with Crippen molar-refractivity contribution in [1.29, 1.82) is 0 Å². The summed E-state index contributed by atoms with van der Waals surface area (Å²) in [5.41, 5.74) is 0.564. The van der Waals surface area contributed by atoms with Crippen molar-refractivity contribution in [3.8, 4) is 11.5 Å². The van der Waals surface area contributed by atoms with Gasteiger partial charge in [0.1, 0.15) is 12.9 Å². The minimum atomic E-state index is 0.463. The molecule has 0 saturated heterocycles. The van der Waals surface area contributed by atoms with Gasteiger partial charge < -0.3 is 14.2 Å². The van der Waals surface area contributed by atoms with Gasteiger partial charge in [-0.3, -0.25) is 4.79 Å². The summed E-state index contributed by atoms with van der Waals surface area (Å²) in [6.45, 7) is 3.60. The number of ether oxygens (including phenoxy) is 3. The monoisotopic (exact) mass is 224 g/mol. The van der Waals surface area contributed by atoms with E-state index in [9.17, 15) is 4.79 Å². The van der Waals surface area contributed by atoms with Crippen LogP contribution in [0.25, 0.3) is 0 Å². The van der Waals surface area contributed by atoms with Crippen LogP contribution in [0.15, 0.2) is 18.2 Å². The van der Waals surface area contributed by atoms with Crippen molar-refractivity contribution in [2.75, 3.05) is 26.9 Å². The molecule has 0 saturated carbocycles. The third-order valence-electron chi connectivity index (χ3n) is 2.01. The molecule has 0 atom stereocenters. The summed E-state index contributed by atoms with van der Waals surface area (Å²) < 4.78 is 15.7. The van der Waals surface area contributed by atoms with Crippen LogP contribution < -0.4 is 9.47 Å². The first-order chi connectivity index (χ1) is 7.81. The molecule has 0 aliphatic carbocycles. The summed E-state index contributed by atoms with van der Waals surface area (Å²) in [4.78, 5) is 10.6. The summed E-state index contributed by atoms with van der Waals surface area (Å²) in [7, 11) is 1.54. The fourth-order valence-electron chi connectivity index (χ4n) is 1.23. The molecule has 0 heterocycles. The van der Waals surface area contributed by atoms with Gasteiger partial charge >= 0.3 is 0 Å². The fourth-order valence-corrected chi connectivity index (χ4v) is 1.23. The minimum absolute atomic E-state index is 0.463. The average molecular weight is 224 g/mol. The van der Waals surface area contributed by atoms with Crippen LogP contribution in [-0.2, 0) is 4.74 Å².